The zero-order valence-corrected chi connectivity index (χ0v) is 22.2. The van der Waals surface area contributed by atoms with E-state index in [1.165, 1.54) is 24.0 Å². The molecule has 5 rings (SSSR count). The Bertz CT molecular complexity index is 1530. The number of nitrogens with two attached hydrogens (primary N) is 1. The Morgan fingerprint density at radius 3 is 2.52 bits per heavy atom. The summed E-state index contributed by atoms with van der Waals surface area (Å²) in [6.07, 6.45) is -2.11. The smallest absolute Gasteiger partial charge is 0.329 e. The molecule has 2 aliphatic heterocycles. The molecule has 1 unspecified atom stereocenters. The number of amides is 1. The number of H-pyrrole nitrogens is 1. The maximum absolute atomic E-state index is 15.0. The van der Waals surface area contributed by atoms with Crippen molar-refractivity contribution in [3.63, 3.8) is 0 Å². The Labute approximate surface area is 234 Å². The van der Waals surface area contributed by atoms with Crippen LogP contribution in [0.5, 0.6) is 0 Å². The van der Waals surface area contributed by atoms with Crippen molar-refractivity contribution in [2.75, 3.05) is 18.4 Å². The van der Waals surface area contributed by atoms with Gasteiger partial charge in [-0.2, -0.15) is 13.2 Å². The predicted octanol–water partition coefficient (Wildman–Crippen LogP) is 4.40. The number of aromatic amines is 1. The van der Waals surface area contributed by atoms with Crippen LogP contribution in [0, 0.1) is 11.6 Å². The number of nitrogens with zero attached hydrogens (tertiary/aromatic N) is 3. The number of likely N-dealkylation sites (tertiary alicyclic amines) is 1. The molecule has 1 aromatic carbocycles. The normalized spacial score (nSPS) is 22.0. The molecular weight excluding hydrogens is 573 g/mol. The van der Waals surface area contributed by atoms with Crippen LogP contribution in [0.1, 0.15) is 60.3 Å². The van der Waals surface area contributed by atoms with E-state index in [-0.39, 0.29) is 24.5 Å². The van der Waals surface area contributed by atoms with Gasteiger partial charge in [0.1, 0.15) is 23.5 Å². The molecule has 0 spiro atoms. The molecule has 1 fully saturated rings. The summed E-state index contributed by atoms with van der Waals surface area (Å²) in [5.41, 5.74) is 3.33. The van der Waals surface area contributed by atoms with Gasteiger partial charge in [-0.1, -0.05) is 0 Å². The maximum Gasteiger partial charge on any atom is 0.407 e. The lowest BCUT2D eigenvalue weighted by atomic mass is 9.86. The molecule has 1 saturated heterocycles. The van der Waals surface area contributed by atoms with E-state index in [4.69, 9.17) is 5.73 Å². The van der Waals surface area contributed by atoms with Gasteiger partial charge in [0.2, 0.25) is 5.91 Å². The molecule has 2 aromatic heterocycles. The van der Waals surface area contributed by atoms with Crippen LogP contribution in [-0.4, -0.2) is 56.6 Å². The second kappa shape index (κ2) is 10.8. The number of anilines is 1. The number of aryl methyl sites for hydroxylation is 1. The number of halogens is 7. The summed E-state index contributed by atoms with van der Waals surface area (Å²) >= 11 is 0. The molecule has 15 heteroatoms. The number of benzene rings is 1. The van der Waals surface area contributed by atoms with Crippen molar-refractivity contribution in [3.8, 4) is 0 Å². The quantitative estimate of drug-likeness (QED) is 0.364. The van der Waals surface area contributed by atoms with E-state index in [0.717, 1.165) is 18.3 Å². The van der Waals surface area contributed by atoms with Crippen LogP contribution in [0.15, 0.2) is 41.5 Å². The number of aromatic nitrogens is 3. The van der Waals surface area contributed by atoms with Gasteiger partial charge in [0.25, 0.3) is 11.5 Å². The fraction of sp³-hybridized carbons (Fsp3) is 0.444. The summed E-state index contributed by atoms with van der Waals surface area (Å²) in [5, 5.41) is 2.65. The highest BCUT2D eigenvalue weighted by Gasteiger charge is 2.47. The molecule has 4 N–H and O–H groups in total. The van der Waals surface area contributed by atoms with Gasteiger partial charge in [0.15, 0.2) is 5.82 Å². The van der Waals surface area contributed by atoms with Crippen LogP contribution in [0.2, 0.25) is 0 Å². The Hall–Kier alpha value is -3.72. The third kappa shape index (κ3) is 5.79. The van der Waals surface area contributed by atoms with Crippen molar-refractivity contribution in [1.82, 2.24) is 19.4 Å². The van der Waals surface area contributed by atoms with Gasteiger partial charge in [0.05, 0.1) is 18.0 Å². The largest absolute Gasteiger partial charge is 0.407 e. The first kappa shape index (κ1) is 29.8. The highest BCUT2D eigenvalue weighted by atomic mass is 19.4. The summed E-state index contributed by atoms with van der Waals surface area (Å²) in [7, 11) is 0. The molecule has 42 heavy (non-hydrogen) atoms. The van der Waals surface area contributed by atoms with Crippen LogP contribution >= 0.6 is 0 Å². The van der Waals surface area contributed by atoms with Crippen molar-refractivity contribution in [2.24, 2.45) is 5.73 Å². The number of fused-ring (bicyclic) bond motifs is 1. The Morgan fingerprint density at radius 2 is 1.86 bits per heavy atom. The maximum atomic E-state index is 15.0. The van der Waals surface area contributed by atoms with Gasteiger partial charge in [-0.25, -0.2) is 22.5 Å². The molecule has 0 saturated carbocycles. The third-order valence-corrected chi connectivity index (χ3v) is 7.94. The second-order valence-corrected chi connectivity index (χ2v) is 10.7. The third-order valence-electron chi connectivity index (χ3n) is 7.94. The van der Waals surface area contributed by atoms with Crippen molar-refractivity contribution in [1.29, 1.82) is 0 Å². The first-order chi connectivity index (χ1) is 19.6. The van der Waals surface area contributed by atoms with E-state index in [1.54, 1.807) is 10.8 Å². The van der Waals surface area contributed by atoms with Gasteiger partial charge in [-0.05, 0) is 42.7 Å². The topological polar surface area (TPSA) is 109 Å². The monoisotopic (exact) mass is 600 g/mol. The van der Waals surface area contributed by atoms with Crippen molar-refractivity contribution in [3.05, 3.63) is 81.2 Å². The van der Waals surface area contributed by atoms with Gasteiger partial charge in [0, 0.05) is 50.0 Å². The average molecular weight is 601 g/mol. The van der Waals surface area contributed by atoms with Crippen LogP contribution in [0.4, 0.5) is 36.6 Å². The number of nitrogens with one attached hydrogen (secondary N) is 2. The minimum Gasteiger partial charge on any atom is -0.329 e. The highest BCUT2D eigenvalue weighted by molar-refractivity contribution is 5.93. The van der Waals surface area contributed by atoms with Crippen molar-refractivity contribution >= 4 is 11.7 Å². The Morgan fingerprint density at radius 1 is 1.17 bits per heavy atom. The fourth-order valence-electron chi connectivity index (χ4n) is 5.60. The SMILES string of the molecule is C[C@@H](C(=O)Nc1cn2c(n1)CC[C@@H]2c1cc(F)cc(F)c1)N1CCC(F)(F)[C@@H](c2c[nH]c(=O)c(C(N)C(F)(F)F)c2)C1. The molecule has 0 aliphatic carbocycles. The molecule has 0 radical (unpaired) electrons. The number of carbonyl (C=O) groups is 1. The number of imidazole rings is 1. The highest BCUT2D eigenvalue weighted by Crippen LogP contribution is 2.41. The van der Waals surface area contributed by atoms with E-state index >= 15 is 0 Å². The van der Waals surface area contributed by atoms with Gasteiger partial charge in [-0.15, -0.1) is 0 Å². The standard InChI is InChI=1S/C27H27F7N6O2/c1-13(24(41)38-21-12-40-20(2-3-22(40)37-21)14-6-16(28)9-17(29)7-14)39-5-4-26(30,31)19(11-39)15-8-18(25(42)36-10-15)23(35)27(32,33)34/h6-10,12-13,19-20,23H,2-5,11,35H2,1H3,(H,36,42)(H,38,41)/t13-,19+,20+,23?/m0/s1. The number of piperidine rings is 1. The number of hydrogen-bond donors (Lipinski definition) is 3. The summed E-state index contributed by atoms with van der Waals surface area (Å²) in [6, 6.07) is -0.00444. The van der Waals surface area contributed by atoms with Crippen LogP contribution < -0.4 is 16.6 Å². The average Bonchev–Trinajstić information content (AvgIpc) is 3.47. The first-order valence-electron chi connectivity index (χ1n) is 13.2. The van der Waals surface area contributed by atoms with Crippen LogP contribution in [-0.2, 0) is 11.2 Å². The predicted molar refractivity (Wildman–Crippen MR) is 137 cm³/mol. The summed E-state index contributed by atoms with van der Waals surface area (Å²) < 4.78 is 98.7. The van der Waals surface area contributed by atoms with Gasteiger partial charge >= 0.3 is 6.18 Å². The summed E-state index contributed by atoms with van der Waals surface area (Å²) in [6.45, 7) is 0.931. The lowest BCUT2D eigenvalue weighted by Crippen LogP contribution is -2.52. The number of carbonyl (C=O) groups excluding carboxylic acids is 1. The lowest BCUT2D eigenvalue weighted by molar-refractivity contribution is -0.149. The second-order valence-electron chi connectivity index (χ2n) is 10.7. The van der Waals surface area contributed by atoms with E-state index in [9.17, 15) is 40.3 Å². The van der Waals surface area contributed by atoms with Gasteiger partial charge < -0.3 is 20.6 Å². The molecule has 3 aromatic rings. The molecule has 8 nitrogen and oxygen atoms in total. The molecule has 226 valence electrons. The van der Waals surface area contributed by atoms with Crippen LogP contribution in [0.3, 0.4) is 0 Å². The van der Waals surface area contributed by atoms with Crippen LogP contribution in [0.25, 0.3) is 0 Å². The van der Waals surface area contributed by atoms with Crippen molar-refractivity contribution in [2.45, 2.75) is 62.3 Å². The first-order valence-corrected chi connectivity index (χ1v) is 13.2. The molecule has 0 bridgehead atoms. The molecule has 4 heterocycles. The summed E-state index contributed by atoms with van der Waals surface area (Å²) in [4.78, 5) is 33.0. The Balaban J connectivity index is 1.31. The molecule has 2 aliphatic rings. The molecular formula is C27H27F7N6O2. The Kier molecular flexibility index (Phi) is 7.68. The fourth-order valence-corrected chi connectivity index (χ4v) is 5.60. The minimum atomic E-state index is -4.96. The molecule has 1 amide bonds. The van der Waals surface area contributed by atoms with E-state index in [0.29, 0.717) is 24.2 Å². The minimum absolute atomic E-state index is 0.175. The zero-order valence-electron chi connectivity index (χ0n) is 22.2. The molecule has 4 atom stereocenters. The van der Waals surface area contributed by atoms with E-state index < -0.39 is 71.2 Å². The zero-order chi connectivity index (χ0) is 30.6. The number of hydrogen-bond acceptors (Lipinski definition) is 5. The number of alkyl halides is 5. The van der Waals surface area contributed by atoms with E-state index in [2.05, 4.69) is 15.3 Å². The lowest BCUT2D eigenvalue weighted by Gasteiger charge is -2.40. The number of pyridine rings is 1. The van der Waals surface area contributed by atoms with E-state index in [1.807, 2.05) is 0 Å². The summed E-state index contributed by atoms with van der Waals surface area (Å²) in [5.74, 6) is -6.18. The van der Waals surface area contributed by atoms with Gasteiger partial charge in [-0.3, -0.25) is 14.5 Å². The number of rotatable bonds is 6. The van der Waals surface area contributed by atoms with Crippen molar-refractivity contribution < 1.29 is 35.5 Å².